The maximum Gasteiger partial charge on any atom is 0.211 e. The highest BCUT2D eigenvalue weighted by molar-refractivity contribution is 5.85. The van der Waals surface area contributed by atoms with Gasteiger partial charge in [-0.1, -0.05) is 0 Å². The fourth-order valence-corrected chi connectivity index (χ4v) is 0.351. The lowest BCUT2D eigenvalue weighted by Crippen LogP contribution is -2.21. The minimum atomic E-state index is -0.798. The Morgan fingerprint density at radius 3 is 2.50 bits per heavy atom. The van der Waals surface area contributed by atoms with Crippen LogP contribution < -0.4 is 11.5 Å². The summed E-state index contributed by atoms with van der Waals surface area (Å²) in [6.45, 7) is -0.298. The molecule has 0 saturated heterocycles. The minimum Gasteiger partial charge on any atom is -0.394 e. The zero-order chi connectivity index (χ0) is 8.69. The first-order valence-corrected chi connectivity index (χ1v) is 3.06. The summed E-state index contributed by atoms with van der Waals surface area (Å²) >= 11 is 0. The van der Waals surface area contributed by atoms with E-state index in [1.165, 1.54) is 6.21 Å². The van der Waals surface area contributed by atoms with E-state index in [4.69, 9.17) is 21.7 Å². The van der Waals surface area contributed by atoms with Crippen LogP contribution in [0.5, 0.6) is 0 Å². The van der Waals surface area contributed by atoms with Gasteiger partial charge in [0.1, 0.15) is 0 Å². The normalized spacial score (nSPS) is 12.2. The van der Waals surface area contributed by atoms with Crippen LogP contribution in [0.1, 0.15) is 6.42 Å². The summed E-state index contributed by atoms with van der Waals surface area (Å²) in [5, 5.41) is 23.8. The molecule has 0 aromatic carbocycles. The SMILES string of the molecule is Cl.NC(N)=N/N=C\CC(O)CO. The van der Waals surface area contributed by atoms with Crippen LogP contribution in [0.25, 0.3) is 0 Å². The van der Waals surface area contributed by atoms with Crippen LogP contribution in [0.2, 0.25) is 0 Å². The van der Waals surface area contributed by atoms with Crippen LogP contribution >= 0.6 is 12.4 Å². The molecule has 0 bridgehead atoms. The standard InChI is InChI=1S/C5H12N4O2.ClH/c6-5(7)9-8-2-1-4(11)3-10;/h2,4,10-11H,1,3H2,(H4,6,7,9);1H/b8-2-;. The van der Waals surface area contributed by atoms with E-state index in [0.29, 0.717) is 0 Å². The molecule has 0 fully saturated rings. The molecule has 6 N–H and O–H groups in total. The van der Waals surface area contributed by atoms with Gasteiger partial charge in [0, 0.05) is 12.6 Å². The van der Waals surface area contributed by atoms with Crippen LogP contribution in [-0.4, -0.2) is 35.1 Å². The number of rotatable bonds is 4. The highest BCUT2D eigenvalue weighted by Gasteiger charge is 1.96. The van der Waals surface area contributed by atoms with E-state index in [2.05, 4.69) is 10.2 Å². The van der Waals surface area contributed by atoms with E-state index in [0.717, 1.165) is 0 Å². The van der Waals surface area contributed by atoms with Crippen molar-refractivity contribution in [2.24, 2.45) is 21.7 Å². The molecule has 0 aromatic heterocycles. The monoisotopic (exact) mass is 196 g/mol. The Hall–Kier alpha value is -0.850. The number of guanidine groups is 1. The second-order valence-corrected chi connectivity index (χ2v) is 1.90. The van der Waals surface area contributed by atoms with Gasteiger partial charge in [0.05, 0.1) is 12.7 Å². The molecule has 1 atom stereocenters. The lowest BCUT2D eigenvalue weighted by molar-refractivity contribution is 0.102. The van der Waals surface area contributed by atoms with Crippen molar-refractivity contribution in [3.63, 3.8) is 0 Å². The topological polar surface area (TPSA) is 117 Å². The summed E-state index contributed by atoms with van der Waals surface area (Å²) < 4.78 is 0. The molecular weight excluding hydrogens is 184 g/mol. The van der Waals surface area contributed by atoms with Crippen molar-refractivity contribution in [2.45, 2.75) is 12.5 Å². The summed E-state index contributed by atoms with van der Waals surface area (Å²) in [6, 6.07) is 0. The van der Waals surface area contributed by atoms with E-state index < -0.39 is 6.10 Å². The van der Waals surface area contributed by atoms with Gasteiger partial charge in [0.25, 0.3) is 0 Å². The molecule has 0 aromatic rings. The van der Waals surface area contributed by atoms with Gasteiger partial charge in [-0.3, -0.25) is 0 Å². The van der Waals surface area contributed by atoms with Crippen molar-refractivity contribution in [3.8, 4) is 0 Å². The number of nitrogens with two attached hydrogens (primary N) is 2. The Kier molecular flexibility index (Phi) is 9.43. The summed E-state index contributed by atoms with van der Waals surface area (Å²) in [5.41, 5.74) is 9.89. The predicted molar refractivity (Wildman–Crippen MR) is 49.3 cm³/mol. The third-order valence-corrected chi connectivity index (χ3v) is 0.843. The number of aliphatic hydroxyl groups is 2. The predicted octanol–water partition coefficient (Wildman–Crippen LogP) is -1.59. The molecule has 6 nitrogen and oxygen atoms in total. The van der Waals surface area contributed by atoms with Gasteiger partial charge in [0.2, 0.25) is 5.96 Å². The summed E-state index contributed by atoms with van der Waals surface area (Å²) in [5.74, 6) is -0.139. The first-order chi connectivity index (χ1) is 5.16. The lowest BCUT2D eigenvalue weighted by atomic mass is 10.3. The van der Waals surface area contributed by atoms with Crippen LogP contribution in [0.3, 0.4) is 0 Å². The van der Waals surface area contributed by atoms with Crippen molar-refractivity contribution in [3.05, 3.63) is 0 Å². The summed E-state index contributed by atoms with van der Waals surface area (Å²) in [7, 11) is 0. The molecule has 7 heteroatoms. The zero-order valence-corrected chi connectivity index (χ0v) is 7.24. The van der Waals surface area contributed by atoms with Crippen LogP contribution in [0.15, 0.2) is 10.2 Å². The first kappa shape index (κ1) is 13.7. The van der Waals surface area contributed by atoms with Gasteiger partial charge in [-0.25, -0.2) is 0 Å². The highest BCUT2D eigenvalue weighted by Crippen LogP contribution is 1.85. The maximum atomic E-state index is 8.77. The molecule has 0 aliphatic heterocycles. The second-order valence-electron chi connectivity index (χ2n) is 1.90. The Bertz CT molecular complexity index is 158. The largest absolute Gasteiger partial charge is 0.394 e. The molecule has 0 amide bonds. The van der Waals surface area contributed by atoms with Crippen molar-refractivity contribution >= 4 is 24.6 Å². The smallest absolute Gasteiger partial charge is 0.211 e. The van der Waals surface area contributed by atoms with Gasteiger partial charge < -0.3 is 21.7 Å². The first-order valence-electron chi connectivity index (χ1n) is 3.06. The van der Waals surface area contributed by atoms with Crippen molar-refractivity contribution in [2.75, 3.05) is 6.61 Å². The van der Waals surface area contributed by atoms with Crippen LogP contribution in [0, 0.1) is 0 Å². The van der Waals surface area contributed by atoms with E-state index in [-0.39, 0.29) is 31.4 Å². The minimum absolute atomic E-state index is 0. The van der Waals surface area contributed by atoms with Gasteiger partial charge in [0.15, 0.2) is 0 Å². The molecule has 0 radical (unpaired) electrons. The zero-order valence-electron chi connectivity index (χ0n) is 6.42. The number of halogens is 1. The summed E-state index contributed by atoms with van der Waals surface area (Å²) in [6.07, 6.45) is 0.751. The Morgan fingerprint density at radius 2 is 2.08 bits per heavy atom. The number of hydrogen-bond acceptors (Lipinski definition) is 4. The van der Waals surface area contributed by atoms with Crippen LogP contribution in [-0.2, 0) is 0 Å². The van der Waals surface area contributed by atoms with Gasteiger partial charge >= 0.3 is 0 Å². The fraction of sp³-hybridized carbons (Fsp3) is 0.600. The average Bonchev–Trinajstić information content (AvgIpc) is 1.97. The number of nitrogens with zero attached hydrogens (tertiary/aromatic N) is 2. The molecule has 72 valence electrons. The van der Waals surface area contributed by atoms with Gasteiger partial charge in [-0.05, 0) is 0 Å². The van der Waals surface area contributed by atoms with E-state index in [9.17, 15) is 0 Å². The van der Waals surface area contributed by atoms with Crippen molar-refractivity contribution < 1.29 is 10.2 Å². The second kappa shape index (κ2) is 8.25. The van der Waals surface area contributed by atoms with E-state index in [1.54, 1.807) is 0 Å². The molecule has 0 rings (SSSR count). The maximum absolute atomic E-state index is 8.77. The third kappa shape index (κ3) is 9.15. The fourth-order valence-electron chi connectivity index (χ4n) is 0.351. The molecule has 1 unspecified atom stereocenters. The van der Waals surface area contributed by atoms with Crippen molar-refractivity contribution in [1.29, 1.82) is 0 Å². The average molecular weight is 197 g/mol. The molecule has 0 aliphatic rings. The molecule has 0 heterocycles. The molecule has 0 spiro atoms. The lowest BCUT2D eigenvalue weighted by Gasteiger charge is -1.98. The molecular formula is C5H13ClN4O2. The van der Waals surface area contributed by atoms with E-state index >= 15 is 0 Å². The van der Waals surface area contributed by atoms with Crippen LogP contribution in [0.4, 0.5) is 0 Å². The van der Waals surface area contributed by atoms with Crippen molar-refractivity contribution in [1.82, 2.24) is 0 Å². The van der Waals surface area contributed by atoms with E-state index in [1.807, 2.05) is 0 Å². The third-order valence-electron chi connectivity index (χ3n) is 0.843. The Morgan fingerprint density at radius 1 is 1.50 bits per heavy atom. The molecule has 0 aliphatic carbocycles. The highest BCUT2D eigenvalue weighted by atomic mass is 35.5. The van der Waals surface area contributed by atoms with Gasteiger partial charge in [-0.15, -0.1) is 17.5 Å². The quantitative estimate of drug-likeness (QED) is 0.246. The number of hydrogen-bond donors (Lipinski definition) is 4. The molecule has 12 heavy (non-hydrogen) atoms. The molecule has 0 saturated carbocycles. The Labute approximate surface area is 76.4 Å². The Balaban J connectivity index is 0. The number of aliphatic hydroxyl groups excluding tert-OH is 2. The van der Waals surface area contributed by atoms with Gasteiger partial charge in [-0.2, -0.15) is 5.10 Å². The summed E-state index contributed by atoms with van der Waals surface area (Å²) in [4.78, 5) is 0.